The number of nitrogen functional groups attached to an aromatic ring is 1. The molecule has 0 spiro atoms. The fourth-order valence-electron chi connectivity index (χ4n) is 1.63. The Morgan fingerprint density at radius 1 is 1.14 bits per heavy atom. The maximum absolute atomic E-state index is 12.1. The summed E-state index contributed by atoms with van der Waals surface area (Å²) in [5.41, 5.74) is 3.98. The van der Waals surface area contributed by atoms with E-state index < -0.39 is 29.1 Å². The molecule has 0 heterocycles. The zero-order valence-corrected chi connectivity index (χ0v) is 12.2. The lowest BCUT2D eigenvalue weighted by molar-refractivity contribution is 0.00667. The molecule has 0 saturated heterocycles. The van der Waals surface area contributed by atoms with Crippen molar-refractivity contribution in [1.29, 1.82) is 0 Å². The van der Waals surface area contributed by atoms with Crippen LogP contribution in [-0.4, -0.2) is 35.7 Å². The fraction of sp³-hybridized carbons (Fsp3) is 0.357. The molecule has 1 aromatic rings. The molecule has 7 heteroatoms. The van der Waals surface area contributed by atoms with Crippen LogP contribution in [0.25, 0.3) is 0 Å². The Bertz CT molecular complexity index is 600. The van der Waals surface area contributed by atoms with E-state index in [9.17, 15) is 19.5 Å². The second kappa shape index (κ2) is 5.82. The second-order valence-corrected chi connectivity index (χ2v) is 5.29. The molecule has 0 radical (unpaired) electrons. The molecular weight excluding hydrogens is 278 g/mol. The lowest BCUT2D eigenvalue weighted by Gasteiger charge is -2.21. The van der Waals surface area contributed by atoms with Gasteiger partial charge in [-0.25, -0.2) is 14.4 Å². The van der Waals surface area contributed by atoms with Crippen LogP contribution in [0.4, 0.5) is 5.69 Å². The number of anilines is 1. The van der Waals surface area contributed by atoms with E-state index in [0.717, 1.165) is 13.2 Å². The maximum Gasteiger partial charge on any atom is 0.341 e. The number of esters is 2. The summed E-state index contributed by atoms with van der Waals surface area (Å²) in [5.74, 6) is -3.01. The van der Waals surface area contributed by atoms with Gasteiger partial charge in [-0.15, -0.1) is 0 Å². The van der Waals surface area contributed by atoms with Gasteiger partial charge < -0.3 is 20.3 Å². The smallest absolute Gasteiger partial charge is 0.341 e. The van der Waals surface area contributed by atoms with Gasteiger partial charge in [-0.05, 0) is 32.9 Å². The van der Waals surface area contributed by atoms with Crippen LogP contribution in [0.15, 0.2) is 12.1 Å². The predicted octanol–water partition coefficient (Wildman–Crippen LogP) is 1.71. The molecular formula is C14H17NO6. The Kier molecular flexibility index (Phi) is 4.57. The van der Waals surface area contributed by atoms with Crippen molar-refractivity contribution in [2.45, 2.75) is 26.4 Å². The van der Waals surface area contributed by atoms with Gasteiger partial charge >= 0.3 is 17.9 Å². The highest BCUT2D eigenvalue weighted by atomic mass is 16.6. The van der Waals surface area contributed by atoms with Crippen LogP contribution >= 0.6 is 0 Å². The van der Waals surface area contributed by atoms with Crippen molar-refractivity contribution in [3.8, 4) is 0 Å². The van der Waals surface area contributed by atoms with Gasteiger partial charge in [0.15, 0.2) is 0 Å². The molecule has 1 aromatic carbocycles. The van der Waals surface area contributed by atoms with E-state index in [2.05, 4.69) is 4.74 Å². The van der Waals surface area contributed by atoms with Crippen LogP contribution in [0.5, 0.6) is 0 Å². The Morgan fingerprint density at radius 3 is 2.14 bits per heavy atom. The first kappa shape index (κ1) is 16.5. The van der Waals surface area contributed by atoms with Crippen LogP contribution in [0, 0.1) is 0 Å². The fourth-order valence-corrected chi connectivity index (χ4v) is 1.63. The molecule has 0 aliphatic heterocycles. The topological polar surface area (TPSA) is 116 Å². The van der Waals surface area contributed by atoms with Crippen LogP contribution < -0.4 is 5.73 Å². The number of hydrogen-bond acceptors (Lipinski definition) is 6. The lowest BCUT2D eigenvalue weighted by Crippen LogP contribution is -2.26. The largest absolute Gasteiger partial charge is 0.478 e. The summed E-state index contributed by atoms with van der Waals surface area (Å²) >= 11 is 0. The molecule has 21 heavy (non-hydrogen) atoms. The Balaban J connectivity index is 3.42. The molecule has 1 rings (SSSR count). The number of carbonyl (C=O) groups excluding carboxylic acids is 2. The molecule has 0 aliphatic rings. The van der Waals surface area contributed by atoms with Gasteiger partial charge in [-0.1, -0.05) is 0 Å². The van der Waals surface area contributed by atoms with Crippen molar-refractivity contribution in [2.24, 2.45) is 0 Å². The molecule has 3 N–H and O–H groups in total. The number of rotatable bonds is 3. The van der Waals surface area contributed by atoms with E-state index in [1.54, 1.807) is 20.8 Å². The molecule has 114 valence electrons. The summed E-state index contributed by atoms with van der Waals surface area (Å²) in [4.78, 5) is 34.8. The van der Waals surface area contributed by atoms with Gasteiger partial charge in [0.25, 0.3) is 0 Å². The van der Waals surface area contributed by atoms with Crippen molar-refractivity contribution in [3.05, 3.63) is 28.8 Å². The van der Waals surface area contributed by atoms with E-state index in [4.69, 9.17) is 10.5 Å². The van der Waals surface area contributed by atoms with Crippen molar-refractivity contribution in [2.75, 3.05) is 12.8 Å². The molecule has 7 nitrogen and oxygen atoms in total. The van der Waals surface area contributed by atoms with Gasteiger partial charge in [0.2, 0.25) is 0 Å². The zero-order valence-electron chi connectivity index (χ0n) is 12.2. The summed E-state index contributed by atoms with van der Waals surface area (Å²) in [6.45, 7) is 4.93. The van der Waals surface area contributed by atoms with E-state index >= 15 is 0 Å². The number of carboxylic acid groups (broad SMARTS) is 1. The number of ether oxygens (including phenoxy) is 2. The van der Waals surface area contributed by atoms with E-state index in [0.29, 0.717) is 0 Å². The first-order valence-corrected chi connectivity index (χ1v) is 6.05. The molecule has 0 fully saturated rings. The molecule has 0 aliphatic carbocycles. The van der Waals surface area contributed by atoms with Crippen molar-refractivity contribution in [1.82, 2.24) is 0 Å². The number of benzene rings is 1. The predicted molar refractivity (Wildman–Crippen MR) is 74.3 cm³/mol. The molecule has 0 amide bonds. The first-order valence-electron chi connectivity index (χ1n) is 6.05. The van der Waals surface area contributed by atoms with E-state index in [1.165, 1.54) is 6.07 Å². The number of methoxy groups -OCH3 is 1. The number of carbonyl (C=O) groups is 3. The van der Waals surface area contributed by atoms with Crippen LogP contribution in [0.3, 0.4) is 0 Å². The monoisotopic (exact) mass is 295 g/mol. The third-order valence-corrected chi connectivity index (χ3v) is 2.42. The quantitative estimate of drug-likeness (QED) is 0.644. The SMILES string of the molecule is COC(=O)c1cc(N)c(C(=O)OC(C)(C)C)c(C(=O)O)c1. The zero-order chi connectivity index (χ0) is 16.4. The minimum Gasteiger partial charge on any atom is -0.478 e. The van der Waals surface area contributed by atoms with Crippen LogP contribution in [0.1, 0.15) is 51.8 Å². The van der Waals surface area contributed by atoms with Crippen LogP contribution in [0.2, 0.25) is 0 Å². The van der Waals surface area contributed by atoms with Gasteiger partial charge in [0.05, 0.1) is 23.8 Å². The van der Waals surface area contributed by atoms with Crippen LogP contribution in [-0.2, 0) is 9.47 Å². The van der Waals surface area contributed by atoms with Gasteiger partial charge in [0, 0.05) is 5.69 Å². The highest BCUT2D eigenvalue weighted by Crippen LogP contribution is 2.24. The molecule has 0 atom stereocenters. The number of aromatic carboxylic acids is 1. The summed E-state index contributed by atoms with van der Waals surface area (Å²) in [6, 6.07) is 2.21. The molecule has 0 bridgehead atoms. The summed E-state index contributed by atoms with van der Waals surface area (Å²) in [7, 11) is 1.15. The van der Waals surface area contributed by atoms with Gasteiger partial charge in [-0.3, -0.25) is 0 Å². The lowest BCUT2D eigenvalue weighted by atomic mass is 10.0. The maximum atomic E-state index is 12.1. The van der Waals surface area contributed by atoms with Crippen molar-refractivity contribution in [3.63, 3.8) is 0 Å². The Labute approximate surface area is 121 Å². The average Bonchev–Trinajstić information content (AvgIpc) is 2.34. The molecule has 0 saturated carbocycles. The van der Waals surface area contributed by atoms with Gasteiger partial charge in [-0.2, -0.15) is 0 Å². The summed E-state index contributed by atoms with van der Waals surface area (Å²) in [6.07, 6.45) is 0. The normalized spacial score (nSPS) is 10.9. The first-order chi connectivity index (χ1) is 9.56. The summed E-state index contributed by atoms with van der Waals surface area (Å²) < 4.78 is 9.63. The number of hydrogen-bond donors (Lipinski definition) is 2. The Hall–Kier alpha value is -2.57. The number of carboxylic acids is 1. The number of nitrogens with two attached hydrogens (primary N) is 1. The van der Waals surface area contributed by atoms with E-state index in [1.807, 2.05) is 0 Å². The molecule has 0 unspecified atom stereocenters. The van der Waals surface area contributed by atoms with E-state index in [-0.39, 0.29) is 16.8 Å². The summed E-state index contributed by atoms with van der Waals surface area (Å²) in [5, 5.41) is 9.20. The van der Waals surface area contributed by atoms with Gasteiger partial charge in [0.1, 0.15) is 5.60 Å². The highest BCUT2D eigenvalue weighted by Gasteiger charge is 2.27. The third-order valence-electron chi connectivity index (χ3n) is 2.42. The third kappa shape index (κ3) is 3.95. The van der Waals surface area contributed by atoms with Crippen molar-refractivity contribution < 1.29 is 29.0 Å². The Morgan fingerprint density at radius 2 is 1.71 bits per heavy atom. The minimum absolute atomic E-state index is 0.0558. The molecule has 0 aromatic heterocycles. The highest BCUT2D eigenvalue weighted by molar-refractivity contribution is 6.08. The van der Waals surface area contributed by atoms with Crippen molar-refractivity contribution >= 4 is 23.6 Å². The minimum atomic E-state index is -1.40. The standard InChI is InChI=1S/C14H17NO6/c1-14(2,3)21-13(19)10-8(11(16)17)5-7(6-9(10)15)12(18)20-4/h5-6H,15H2,1-4H3,(H,16,17). The second-order valence-electron chi connectivity index (χ2n) is 5.29. The average molecular weight is 295 g/mol.